The fourth-order valence-electron chi connectivity index (χ4n) is 3.55. The molecule has 164 valence electrons. The number of aliphatic hydroxyl groups is 1. The molecule has 0 amide bonds. The van der Waals surface area contributed by atoms with Crippen LogP contribution in [-0.4, -0.2) is 23.5 Å². The van der Waals surface area contributed by atoms with Gasteiger partial charge in [0.1, 0.15) is 0 Å². The van der Waals surface area contributed by atoms with E-state index < -0.39 is 15.6 Å². The van der Waals surface area contributed by atoms with Gasteiger partial charge in [-0.1, -0.05) is 122 Å². The fraction of sp³-hybridized carbons (Fsp3) is 1.00. The van der Waals surface area contributed by atoms with E-state index in [1.54, 1.807) is 0 Å². The molecule has 4 nitrogen and oxygen atoms in total. The minimum Gasteiger partial charge on any atom is -0.375 e. The second-order valence-corrected chi connectivity index (χ2v) is 9.70. The van der Waals surface area contributed by atoms with E-state index in [9.17, 15) is 13.5 Å². The van der Waals surface area contributed by atoms with Crippen molar-refractivity contribution in [1.29, 1.82) is 0 Å². The summed E-state index contributed by atoms with van der Waals surface area (Å²) in [5, 5.41) is 9.19. The van der Waals surface area contributed by atoms with Crippen LogP contribution in [0.2, 0.25) is 0 Å². The van der Waals surface area contributed by atoms with Crippen LogP contribution in [-0.2, 0) is 10.1 Å². The first kappa shape index (κ1) is 26.9. The van der Waals surface area contributed by atoms with Crippen molar-refractivity contribution in [2.24, 2.45) is 0 Å². The molecule has 0 aromatic carbocycles. The first-order valence-electron chi connectivity index (χ1n) is 11.6. The molecule has 5 heteroatoms. The molecule has 0 radical (unpaired) electrons. The van der Waals surface area contributed by atoms with E-state index in [1.165, 1.54) is 103 Å². The Kier molecular flexibility index (Phi) is 19.1. The molecule has 0 rings (SSSR count). The van der Waals surface area contributed by atoms with Gasteiger partial charge < -0.3 is 5.11 Å². The van der Waals surface area contributed by atoms with Crippen LogP contribution in [0.25, 0.3) is 0 Å². The molecule has 0 spiro atoms. The third-order valence-electron chi connectivity index (χ3n) is 5.40. The zero-order valence-electron chi connectivity index (χ0n) is 17.8. The Bertz CT molecular complexity index is 395. The Labute approximate surface area is 169 Å². The largest absolute Gasteiger partial charge is 0.375 e. The summed E-state index contributed by atoms with van der Waals surface area (Å²) in [5.41, 5.74) is -1.61. The number of hydrogen-bond acceptors (Lipinski definition) is 3. The molecule has 0 heterocycles. The van der Waals surface area contributed by atoms with Crippen molar-refractivity contribution in [2.75, 3.05) is 0 Å². The second-order valence-electron chi connectivity index (χ2n) is 8.12. The summed E-state index contributed by atoms with van der Waals surface area (Å²) in [7, 11) is -4.27. The standard InChI is InChI=1S/C22H46O4S/c1-2-3-4-5-6-7-8-9-10-11-12-13-14-15-16-17-18-19-20-21-22(23)27(24,25)26/h22-23H,2-21H2,1H3,(H,24,25,26). The van der Waals surface area contributed by atoms with Crippen LogP contribution in [0.3, 0.4) is 0 Å². The molecule has 0 saturated heterocycles. The van der Waals surface area contributed by atoms with Gasteiger partial charge in [-0.3, -0.25) is 4.55 Å². The van der Waals surface area contributed by atoms with Crippen LogP contribution in [0.4, 0.5) is 0 Å². The van der Waals surface area contributed by atoms with Crippen molar-refractivity contribution in [2.45, 2.75) is 141 Å². The highest BCUT2D eigenvalue weighted by Crippen LogP contribution is 2.15. The lowest BCUT2D eigenvalue weighted by atomic mass is 10.0. The molecule has 1 unspecified atom stereocenters. The van der Waals surface area contributed by atoms with Gasteiger partial charge in [-0.2, -0.15) is 8.42 Å². The zero-order valence-corrected chi connectivity index (χ0v) is 18.7. The van der Waals surface area contributed by atoms with E-state index >= 15 is 0 Å². The minimum atomic E-state index is -4.27. The van der Waals surface area contributed by atoms with Gasteiger partial charge in [0.25, 0.3) is 10.1 Å². The normalized spacial score (nSPS) is 13.1. The van der Waals surface area contributed by atoms with Gasteiger partial charge in [0.15, 0.2) is 5.44 Å². The van der Waals surface area contributed by atoms with Gasteiger partial charge in [-0.15, -0.1) is 0 Å². The summed E-state index contributed by atoms with van der Waals surface area (Å²) >= 11 is 0. The quantitative estimate of drug-likeness (QED) is 0.159. The number of rotatable bonds is 21. The van der Waals surface area contributed by atoms with Gasteiger partial charge in [-0.05, 0) is 12.8 Å². The molecule has 0 aliphatic heterocycles. The van der Waals surface area contributed by atoms with Gasteiger partial charge in [0.2, 0.25) is 0 Å². The molecular formula is C22H46O4S. The molecule has 0 aliphatic carbocycles. The van der Waals surface area contributed by atoms with Crippen molar-refractivity contribution in [3.05, 3.63) is 0 Å². The Morgan fingerprint density at radius 1 is 0.556 bits per heavy atom. The highest BCUT2D eigenvalue weighted by atomic mass is 32.2. The molecule has 0 aromatic rings. The predicted octanol–water partition coefficient (Wildman–Crippen LogP) is 7.01. The molecule has 0 saturated carbocycles. The molecule has 2 N–H and O–H groups in total. The van der Waals surface area contributed by atoms with E-state index in [0.29, 0.717) is 6.42 Å². The van der Waals surface area contributed by atoms with Gasteiger partial charge in [0, 0.05) is 0 Å². The number of hydrogen-bond donors (Lipinski definition) is 2. The van der Waals surface area contributed by atoms with Gasteiger partial charge in [-0.25, -0.2) is 0 Å². The zero-order chi connectivity index (χ0) is 20.2. The fourth-order valence-corrected chi connectivity index (χ4v) is 4.01. The summed E-state index contributed by atoms with van der Waals surface area (Å²) in [6.45, 7) is 2.27. The average molecular weight is 407 g/mol. The van der Waals surface area contributed by atoms with Crippen molar-refractivity contribution in [1.82, 2.24) is 0 Å². The highest BCUT2D eigenvalue weighted by Gasteiger charge is 2.18. The molecule has 0 aromatic heterocycles. The van der Waals surface area contributed by atoms with Crippen LogP contribution in [0.15, 0.2) is 0 Å². The molecule has 1 atom stereocenters. The Morgan fingerprint density at radius 3 is 1.07 bits per heavy atom. The van der Waals surface area contributed by atoms with Crippen molar-refractivity contribution in [3.8, 4) is 0 Å². The van der Waals surface area contributed by atoms with Crippen LogP contribution >= 0.6 is 0 Å². The maximum absolute atomic E-state index is 10.7. The molecular weight excluding hydrogens is 360 g/mol. The van der Waals surface area contributed by atoms with Crippen LogP contribution < -0.4 is 0 Å². The van der Waals surface area contributed by atoms with Crippen LogP contribution in [0.5, 0.6) is 0 Å². The Balaban J connectivity index is 3.11. The summed E-state index contributed by atoms with van der Waals surface area (Å²) in [4.78, 5) is 0. The van der Waals surface area contributed by atoms with E-state index in [2.05, 4.69) is 6.92 Å². The van der Waals surface area contributed by atoms with Gasteiger partial charge in [0.05, 0.1) is 0 Å². The van der Waals surface area contributed by atoms with Crippen molar-refractivity contribution in [3.63, 3.8) is 0 Å². The first-order chi connectivity index (χ1) is 13.0. The number of unbranched alkanes of at least 4 members (excludes halogenated alkanes) is 18. The SMILES string of the molecule is CCCCCCCCCCCCCCCCCCCCCC(O)S(=O)(=O)O. The minimum absolute atomic E-state index is 0.137. The molecule has 27 heavy (non-hydrogen) atoms. The molecule has 0 bridgehead atoms. The maximum atomic E-state index is 10.7. The van der Waals surface area contributed by atoms with Crippen molar-refractivity contribution < 1.29 is 18.1 Å². The van der Waals surface area contributed by atoms with E-state index in [1.807, 2.05) is 0 Å². The third-order valence-corrected chi connectivity index (χ3v) is 6.32. The summed E-state index contributed by atoms with van der Waals surface area (Å²) in [5.74, 6) is 0. The summed E-state index contributed by atoms with van der Waals surface area (Å²) in [6, 6.07) is 0. The topological polar surface area (TPSA) is 74.6 Å². The maximum Gasteiger partial charge on any atom is 0.291 e. The van der Waals surface area contributed by atoms with Gasteiger partial charge >= 0.3 is 0 Å². The van der Waals surface area contributed by atoms with Crippen LogP contribution in [0.1, 0.15) is 135 Å². The summed E-state index contributed by atoms with van der Waals surface area (Å²) < 4.78 is 30.0. The van der Waals surface area contributed by atoms with Crippen molar-refractivity contribution >= 4 is 10.1 Å². The Hall–Kier alpha value is -0.130. The van der Waals surface area contributed by atoms with Crippen LogP contribution in [0, 0.1) is 0 Å². The first-order valence-corrected chi connectivity index (χ1v) is 13.1. The molecule has 0 aliphatic rings. The Morgan fingerprint density at radius 2 is 0.815 bits per heavy atom. The summed E-state index contributed by atoms with van der Waals surface area (Å²) in [6.07, 6.45) is 24.7. The third kappa shape index (κ3) is 20.4. The molecule has 0 fully saturated rings. The van der Waals surface area contributed by atoms with E-state index in [0.717, 1.165) is 12.8 Å². The van der Waals surface area contributed by atoms with E-state index in [4.69, 9.17) is 4.55 Å². The smallest absolute Gasteiger partial charge is 0.291 e. The average Bonchev–Trinajstić information content (AvgIpc) is 2.62. The lowest BCUT2D eigenvalue weighted by Crippen LogP contribution is -2.19. The second kappa shape index (κ2) is 19.2. The predicted molar refractivity (Wildman–Crippen MR) is 116 cm³/mol. The lowest BCUT2D eigenvalue weighted by molar-refractivity contribution is 0.219. The number of aliphatic hydroxyl groups excluding tert-OH is 1. The monoisotopic (exact) mass is 406 g/mol. The highest BCUT2D eigenvalue weighted by molar-refractivity contribution is 7.86. The van der Waals surface area contributed by atoms with E-state index in [-0.39, 0.29) is 6.42 Å². The lowest BCUT2D eigenvalue weighted by Gasteiger charge is -2.06.